The van der Waals surface area contributed by atoms with Crippen molar-refractivity contribution >= 4 is 12.0 Å². The van der Waals surface area contributed by atoms with Gasteiger partial charge in [0.25, 0.3) is 0 Å². The molecular weight excluding hydrogens is 402 g/mol. The number of rotatable bonds is 7. The fraction of sp³-hybridized carbons (Fsp3) is 0.769. The fourth-order valence-corrected chi connectivity index (χ4v) is 6.90. The second-order valence-electron chi connectivity index (χ2n) is 10.6. The molecule has 2 saturated carbocycles. The Balaban J connectivity index is 1.34. The standard InChI is InChI=1S/C26H41N3O3/c1-19-14-21-4-3-5-26(17-19,20(21)2)22-15-24(31)23(25(32)16-22)18-27-6-7-28-8-10-29(11-9-28)12-13-30/h18-19,21-22,30-31H,2-17H2,1H3/t19-,21+,22?,26+/m1/s1. The fourth-order valence-electron chi connectivity index (χ4n) is 6.90. The molecule has 178 valence electrons. The predicted molar refractivity (Wildman–Crippen MR) is 128 cm³/mol. The lowest BCUT2D eigenvalue weighted by atomic mass is 9.50. The maximum atomic E-state index is 13.0. The highest BCUT2D eigenvalue weighted by molar-refractivity contribution is 6.14. The Morgan fingerprint density at radius 2 is 1.91 bits per heavy atom. The molecule has 0 aromatic carbocycles. The van der Waals surface area contributed by atoms with Gasteiger partial charge in [0.15, 0.2) is 5.78 Å². The number of Topliss-reactive ketones (excluding diaryl/α,β-unsaturated/α-hetero) is 1. The van der Waals surface area contributed by atoms with E-state index in [1.807, 2.05) is 0 Å². The van der Waals surface area contributed by atoms with Gasteiger partial charge in [-0.1, -0.05) is 25.5 Å². The van der Waals surface area contributed by atoms with Crippen molar-refractivity contribution in [2.45, 2.75) is 51.9 Å². The number of aliphatic hydroxyl groups is 2. The van der Waals surface area contributed by atoms with Crippen molar-refractivity contribution in [3.63, 3.8) is 0 Å². The van der Waals surface area contributed by atoms with Crippen molar-refractivity contribution in [3.8, 4) is 0 Å². The van der Waals surface area contributed by atoms with Crippen LogP contribution in [0.3, 0.4) is 0 Å². The molecule has 1 heterocycles. The van der Waals surface area contributed by atoms with E-state index in [2.05, 4.69) is 28.3 Å². The normalized spacial score (nSPS) is 35.1. The average molecular weight is 444 g/mol. The molecular formula is C26H41N3O3. The monoisotopic (exact) mass is 443 g/mol. The molecule has 1 aliphatic heterocycles. The predicted octanol–water partition coefficient (Wildman–Crippen LogP) is 3.23. The molecule has 0 amide bonds. The molecule has 6 heteroatoms. The van der Waals surface area contributed by atoms with Gasteiger partial charge in [-0.05, 0) is 48.9 Å². The number of carbonyl (C=O) groups excluding carboxylic acids is 1. The molecule has 4 aliphatic rings. The highest BCUT2D eigenvalue weighted by Crippen LogP contribution is 2.60. The maximum Gasteiger partial charge on any atom is 0.168 e. The molecule has 0 aromatic heterocycles. The summed E-state index contributed by atoms with van der Waals surface area (Å²) in [6.45, 7) is 13.2. The Morgan fingerprint density at radius 3 is 2.59 bits per heavy atom. The van der Waals surface area contributed by atoms with Crippen LogP contribution in [0.25, 0.3) is 0 Å². The molecule has 4 atom stereocenters. The second-order valence-corrected chi connectivity index (χ2v) is 10.6. The summed E-state index contributed by atoms with van der Waals surface area (Å²) < 4.78 is 0. The van der Waals surface area contributed by atoms with Crippen LogP contribution >= 0.6 is 0 Å². The zero-order valence-electron chi connectivity index (χ0n) is 19.8. The van der Waals surface area contributed by atoms with Crippen LogP contribution in [0.4, 0.5) is 0 Å². The van der Waals surface area contributed by atoms with E-state index in [0.717, 1.165) is 52.1 Å². The number of carbonyl (C=O) groups is 1. The molecule has 0 aromatic rings. The number of hydrogen-bond donors (Lipinski definition) is 2. The van der Waals surface area contributed by atoms with Crippen LogP contribution in [0, 0.1) is 23.2 Å². The first-order chi connectivity index (χ1) is 15.4. The Kier molecular flexibility index (Phi) is 7.53. The molecule has 2 bridgehead atoms. The van der Waals surface area contributed by atoms with Gasteiger partial charge in [0.2, 0.25) is 0 Å². The summed E-state index contributed by atoms with van der Waals surface area (Å²) in [5, 5.41) is 19.9. The van der Waals surface area contributed by atoms with Crippen molar-refractivity contribution in [1.29, 1.82) is 0 Å². The van der Waals surface area contributed by atoms with E-state index in [0.29, 0.717) is 36.8 Å². The number of hydrogen-bond acceptors (Lipinski definition) is 6. The zero-order chi connectivity index (χ0) is 22.7. The third-order valence-electron chi connectivity index (χ3n) is 8.62. The zero-order valence-corrected chi connectivity index (χ0v) is 19.8. The number of nitrogens with zero attached hydrogens (tertiary/aromatic N) is 3. The molecule has 1 unspecified atom stereocenters. The first kappa shape index (κ1) is 23.7. The van der Waals surface area contributed by atoms with Crippen LogP contribution in [-0.4, -0.2) is 84.4 Å². The summed E-state index contributed by atoms with van der Waals surface area (Å²) in [5.41, 5.74) is 1.82. The number of piperazine rings is 1. The van der Waals surface area contributed by atoms with E-state index in [1.165, 1.54) is 24.8 Å². The summed E-state index contributed by atoms with van der Waals surface area (Å²) in [5.74, 6) is 1.72. The third-order valence-corrected chi connectivity index (χ3v) is 8.62. The smallest absolute Gasteiger partial charge is 0.168 e. The quantitative estimate of drug-likeness (QED) is 0.467. The minimum atomic E-state index is 0.0328. The first-order valence-electron chi connectivity index (χ1n) is 12.6. The summed E-state index contributed by atoms with van der Waals surface area (Å²) in [4.78, 5) is 22.2. The van der Waals surface area contributed by atoms with Crippen LogP contribution in [0.15, 0.2) is 28.5 Å². The average Bonchev–Trinajstić information content (AvgIpc) is 2.75. The SMILES string of the molecule is C=C1[C@H]2CCC[C@]1(C1CC(=O)C(C=NCCN3CCN(CCO)CC3)=C(O)C1)C[C@H](C)C2. The van der Waals surface area contributed by atoms with Gasteiger partial charge in [-0.3, -0.25) is 19.6 Å². The van der Waals surface area contributed by atoms with Crippen molar-refractivity contribution in [3.05, 3.63) is 23.5 Å². The Labute approximate surface area is 193 Å². The lowest BCUT2D eigenvalue weighted by molar-refractivity contribution is -0.118. The number of ketones is 1. The Morgan fingerprint density at radius 1 is 1.19 bits per heavy atom. The number of fused-ring (bicyclic) bond motifs is 2. The first-order valence-corrected chi connectivity index (χ1v) is 12.6. The largest absolute Gasteiger partial charge is 0.511 e. The topological polar surface area (TPSA) is 76.4 Å². The van der Waals surface area contributed by atoms with Crippen molar-refractivity contribution in [2.75, 3.05) is 52.4 Å². The number of aliphatic imine (C=N–C) groups is 1. The van der Waals surface area contributed by atoms with Gasteiger partial charge < -0.3 is 10.2 Å². The minimum absolute atomic E-state index is 0.0328. The van der Waals surface area contributed by atoms with Crippen LogP contribution < -0.4 is 0 Å². The summed E-state index contributed by atoms with van der Waals surface area (Å²) >= 11 is 0. The minimum Gasteiger partial charge on any atom is -0.511 e. The summed E-state index contributed by atoms with van der Waals surface area (Å²) in [6.07, 6.45) is 8.63. The van der Waals surface area contributed by atoms with E-state index < -0.39 is 0 Å². The van der Waals surface area contributed by atoms with Gasteiger partial charge in [-0.25, -0.2) is 0 Å². The van der Waals surface area contributed by atoms with Crippen LogP contribution in [-0.2, 0) is 4.79 Å². The Hall–Kier alpha value is -1.50. The molecule has 32 heavy (non-hydrogen) atoms. The van der Waals surface area contributed by atoms with E-state index >= 15 is 0 Å². The molecule has 0 spiro atoms. The van der Waals surface area contributed by atoms with Gasteiger partial charge >= 0.3 is 0 Å². The highest BCUT2D eigenvalue weighted by Gasteiger charge is 2.51. The molecule has 4 rings (SSSR count). The van der Waals surface area contributed by atoms with Crippen LogP contribution in [0.2, 0.25) is 0 Å². The molecule has 1 saturated heterocycles. The van der Waals surface area contributed by atoms with Crippen molar-refractivity contribution < 1.29 is 15.0 Å². The van der Waals surface area contributed by atoms with E-state index in [1.54, 1.807) is 6.21 Å². The number of allylic oxidation sites excluding steroid dienone is 3. The van der Waals surface area contributed by atoms with E-state index in [4.69, 9.17) is 5.11 Å². The third kappa shape index (κ3) is 4.87. The molecule has 6 nitrogen and oxygen atoms in total. The highest BCUT2D eigenvalue weighted by atomic mass is 16.3. The summed E-state index contributed by atoms with van der Waals surface area (Å²) in [7, 11) is 0. The van der Waals surface area contributed by atoms with Crippen LogP contribution in [0.5, 0.6) is 0 Å². The summed E-state index contributed by atoms with van der Waals surface area (Å²) in [6, 6.07) is 0. The molecule has 3 aliphatic carbocycles. The second kappa shape index (κ2) is 10.2. The van der Waals surface area contributed by atoms with Gasteiger partial charge in [-0.15, -0.1) is 0 Å². The molecule has 0 radical (unpaired) electrons. The lowest BCUT2D eigenvalue weighted by Crippen LogP contribution is -2.47. The van der Waals surface area contributed by atoms with Crippen molar-refractivity contribution in [2.24, 2.45) is 28.2 Å². The lowest BCUT2D eigenvalue weighted by Gasteiger charge is -2.54. The van der Waals surface area contributed by atoms with Crippen molar-refractivity contribution in [1.82, 2.24) is 9.80 Å². The molecule has 3 fully saturated rings. The number of β-amino-alcohol motifs (C(OH)–C–C–N with tert-alkyl or cyclic N) is 1. The van der Waals surface area contributed by atoms with E-state index in [9.17, 15) is 9.90 Å². The van der Waals surface area contributed by atoms with Crippen LogP contribution in [0.1, 0.15) is 51.9 Å². The Bertz CT molecular complexity index is 768. The molecule has 2 N–H and O–H groups in total. The van der Waals surface area contributed by atoms with Gasteiger partial charge in [0, 0.05) is 58.3 Å². The van der Waals surface area contributed by atoms with E-state index in [-0.39, 0.29) is 29.5 Å². The maximum absolute atomic E-state index is 13.0. The van der Waals surface area contributed by atoms with Gasteiger partial charge in [0.05, 0.1) is 18.7 Å². The number of aliphatic hydroxyl groups excluding tert-OH is 2. The van der Waals surface area contributed by atoms with Gasteiger partial charge in [-0.2, -0.15) is 0 Å². The van der Waals surface area contributed by atoms with Gasteiger partial charge in [0.1, 0.15) is 5.76 Å².